The predicted molar refractivity (Wildman–Crippen MR) is 89.0 cm³/mol. The van der Waals surface area contributed by atoms with Gasteiger partial charge in [-0.25, -0.2) is 0 Å². The fourth-order valence-electron chi connectivity index (χ4n) is 2.57. The minimum absolute atomic E-state index is 0.141. The molecule has 0 saturated carbocycles. The van der Waals surface area contributed by atoms with Crippen LogP contribution in [0.25, 0.3) is 6.08 Å². The maximum atomic E-state index is 12.5. The monoisotopic (exact) mass is 330 g/mol. The Morgan fingerprint density at radius 2 is 2.04 bits per heavy atom. The number of ether oxygens (including phenoxy) is 1. The molecule has 0 aliphatic carbocycles. The number of hydrogen-bond acceptors (Lipinski definition) is 3. The number of fused-ring (bicyclic) bond motifs is 1. The van der Waals surface area contributed by atoms with Crippen molar-refractivity contribution >= 4 is 23.5 Å². The summed E-state index contributed by atoms with van der Waals surface area (Å²) in [6, 6.07) is 10.3. The summed E-state index contributed by atoms with van der Waals surface area (Å²) in [5.74, 6) is 0.643. The average Bonchev–Trinajstić information content (AvgIpc) is 2.79. The molecule has 1 heterocycles. The number of carbonyl (C=O) groups excluding carboxylic acids is 1. The number of rotatable bonds is 3. The highest BCUT2D eigenvalue weighted by Crippen LogP contribution is 2.39. The summed E-state index contributed by atoms with van der Waals surface area (Å²) in [4.78, 5) is 13.6. The number of benzene rings is 2. The van der Waals surface area contributed by atoms with Crippen molar-refractivity contribution < 1.29 is 19.5 Å². The first kappa shape index (κ1) is 15.6. The molecule has 23 heavy (non-hydrogen) atoms. The number of phenols is 1. The lowest BCUT2D eigenvalue weighted by molar-refractivity contribution is -0.872. The van der Waals surface area contributed by atoms with Crippen molar-refractivity contribution in [2.24, 2.45) is 0 Å². The standard InChI is InChI=1S/C18H16ClNO3/c1-20(2)10-14-15(21)7-6-13-17(22)16(23-18(13)14)9-11-4-3-5-12(19)8-11/h3-9,21H,10H2,1-2H3/p+1/b16-9+. The van der Waals surface area contributed by atoms with Crippen LogP contribution >= 0.6 is 11.6 Å². The quantitative estimate of drug-likeness (QED) is 0.849. The molecule has 0 radical (unpaired) electrons. The molecule has 0 bridgehead atoms. The van der Waals surface area contributed by atoms with E-state index in [9.17, 15) is 9.90 Å². The van der Waals surface area contributed by atoms with Crippen molar-refractivity contribution in [2.75, 3.05) is 14.1 Å². The Morgan fingerprint density at radius 1 is 1.26 bits per heavy atom. The molecular weight excluding hydrogens is 314 g/mol. The van der Waals surface area contributed by atoms with Crippen molar-refractivity contribution in [2.45, 2.75) is 6.54 Å². The minimum atomic E-state index is -0.185. The van der Waals surface area contributed by atoms with Crippen molar-refractivity contribution in [3.05, 3.63) is 63.9 Å². The Balaban J connectivity index is 2.02. The first-order valence-electron chi connectivity index (χ1n) is 7.29. The highest BCUT2D eigenvalue weighted by atomic mass is 35.5. The van der Waals surface area contributed by atoms with Crippen LogP contribution in [0.1, 0.15) is 21.5 Å². The summed E-state index contributed by atoms with van der Waals surface area (Å²) < 4.78 is 5.77. The largest absolute Gasteiger partial charge is 0.507 e. The van der Waals surface area contributed by atoms with Gasteiger partial charge >= 0.3 is 0 Å². The Kier molecular flexibility index (Phi) is 4.11. The smallest absolute Gasteiger partial charge is 0.231 e. The number of nitrogens with one attached hydrogen (secondary N) is 1. The molecule has 0 fully saturated rings. The second-order valence-electron chi connectivity index (χ2n) is 5.82. The number of carbonyl (C=O) groups is 1. The third-order valence-electron chi connectivity index (χ3n) is 3.59. The molecule has 0 amide bonds. The number of Topliss-reactive ketones (excluding diaryl/α,β-unsaturated/α-hetero) is 1. The van der Waals surface area contributed by atoms with E-state index < -0.39 is 0 Å². The molecule has 0 saturated heterocycles. The van der Waals surface area contributed by atoms with Gasteiger partial charge in [-0.2, -0.15) is 0 Å². The van der Waals surface area contributed by atoms with Gasteiger partial charge in [-0.1, -0.05) is 23.7 Å². The van der Waals surface area contributed by atoms with E-state index >= 15 is 0 Å². The van der Waals surface area contributed by atoms with E-state index in [0.29, 0.717) is 28.4 Å². The second-order valence-corrected chi connectivity index (χ2v) is 6.26. The lowest BCUT2D eigenvalue weighted by Crippen LogP contribution is -3.04. The fourth-order valence-corrected chi connectivity index (χ4v) is 2.77. The van der Waals surface area contributed by atoms with Crippen LogP contribution < -0.4 is 9.64 Å². The highest BCUT2D eigenvalue weighted by Gasteiger charge is 2.31. The Labute approximate surface area is 139 Å². The zero-order chi connectivity index (χ0) is 16.6. The third kappa shape index (κ3) is 3.09. The molecule has 118 valence electrons. The van der Waals surface area contributed by atoms with Crippen LogP contribution in [-0.2, 0) is 6.54 Å². The predicted octanol–water partition coefficient (Wildman–Crippen LogP) is 2.31. The zero-order valence-electron chi connectivity index (χ0n) is 12.9. The van der Waals surface area contributed by atoms with E-state index in [1.807, 2.05) is 26.2 Å². The Hall–Kier alpha value is -2.30. The summed E-state index contributed by atoms with van der Waals surface area (Å²) in [6.45, 7) is 0.562. The van der Waals surface area contributed by atoms with E-state index in [0.717, 1.165) is 10.5 Å². The van der Waals surface area contributed by atoms with Crippen molar-refractivity contribution in [3.8, 4) is 11.5 Å². The maximum absolute atomic E-state index is 12.5. The molecule has 2 aromatic rings. The average molecular weight is 331 g/mol. The molecule has 0 aromatic heterocycles. The summed E-state index contributed by atoms with van der Waals surface area (Å²) in [5, 5.41) is 10.7. The fraction of sp³-hybridized carbons (Fsp3) is 0.167. The SMILES string of the molecule is C[NH+](C)Cc1c(O)ccc2c1O/C(=C/c1cccc(Cl)c1)C2=O. The Morgan fingerprint density at radius 3 is 2.74 bits per heavy atom. The van der Waals surface area contributed by atoms with Gasteiger partial charge in [0.25, 0.3) is 0 Å². The number of ketones is 1. The molecule has 0 unspecified atom stereocenters. The molecule has 1 aliphatic rings. The van der Waals surface area contributed by atoms with Gasteiger partial charge in [0, 0.05) is 5.02 Å². The van der Waals surface area contributed by atoms with Gasteiger partial charge < -0.3 is 14.7 Å². The van der Waals surface area contributed by atoms with Gasteiger partial charge in [0.1, 0.15) is 12.3 Å². The molecule has 2 aromatic carbocycles. The lowest BCUT2D eigenvalue weighted by atomic mass is 10.0. The van der Waals surface area contributed by atoms with Gasteiger partial charge in [-0.3, -0.25) is 4.79 Å². The Bertz CT molecular complexity index is 812. The molecule has 0 atom stereocenters. The number of halogens is 1. The normalized spacial score (nSPS) is 15.1. The third-order valence-corrected chi connectivity index (χ3v) is 3.83. The van der Waals surface area contributed by atoms with Crippen LogP contribution in [0, 0.1) is 0 Å². The van der Waals surface area contributed by atoms with Crippen molar-refractivity contribution in [3.63, 3.8) is 0 Å². The number of allylic oxidation sites excluding steroid dienone is 1. The van der Waals surface area contributed by atoms with E-state index in [4.69, 9.17) is 16.3 Å². The van der Waals surface area contributed by atoms with Gasteiger partial charge in [-0.15, -0.1) is 0 Å². The molecule has 2 N–H and O–H groups in total. The van der Waals surface area contributed by atoms with Crippen LogP contribution in [0.4, 0.5) is 0 Å². The maximum Gasteiger partial charge on any atom is 0.231 e. The number of hydrogen-bond donors (Lipinski definition) is 2. The van der Waals surface area contributed by atoms with Crippen molar-refractivity contribution in [1.82, 2.24) is 0 Å². The van der Waals surface area contributed by atoms with Gasteiger partial charge in [-0.05, 0) is 35.9 Å². The first-order valence-corrected chi connectivity index (χ1v) is 7.67. The first-order chi connectivity index (χ1) is 11.0. The second kappa shape index (κ2) is 6.07. The van der Waals surface area contributed by atoms with Crippen molar-refractivity contribution in [1.29, 1.82) is 0 Å². The van der Waals surface area contributed by atoms with E-state index in [1.165, 1.54) is 0 Å². The van der Waals surface area contributed by atoms with Crippen LogP contribution in [0.15, 0.2) is 42.2 Å². The molecule has 0 spiro atoms. The van der Waals surface area contributed by atoms with Gasteiger partial charge in [0.05, 0.1) is 25.2 Å². The van der Waals surface area contributed by atoms with Gasteiger partial charge in [0.15, 0.2) is 11.5 Å². The zero-order valence-corrected chi connectivity index (χ0v) is 13.6. The summed E-state index contributed by atoms with van der Waals surface area (Å²) >= 11 is 5.97. The number of phenolic OH excluding ortho intramolecular Hbond substituents is 1. The van der Waals surface area contributed by atoms with E-state index in [-0.39, 0.29) is 17.3 Å². The van der Waals surface area contributed by atoms with Crippen LogP contribution in [0.5, 0.6) is 11.5 Å². The summed E-state index contributed by atoms with van der Waals surface area (Å²) in [5.41, 5.74) is 1.91. The topological polar surface area (TPSA) is 51.0 Å². The summed E-state index contributed by atoms with van der Waals surface area (Å²) in [7, 11) is 3.94. The number of quaternary nitrogens is 1. The highest BCUT2D eigenvalue weighted by molar-refractivity contribution is 6.30. The molecule has 5 heteroatoms. The van der Waals surface area contributed by atoms with Gasteiger partial charge in [0.2, 0.25) is 5.78 Å². The minimum Gasteiger partial charge on any atom is -0.507 e. The molecule has 4 nitrogen and oxygen atoms in total. The van der Waals surface area contributed by atoms with E-state index in [1.54, 1.807) is 30.3 Å². The molecular formula is C18H17ClNO3+. The summed E-state index contributed by atoms with van der Waals surface area (Å²) in [6.07, 6.45) is 1.66. The lowest BCUT2D eigenvalue weighted by Gasteiger charge is -2.12. The molecule has 3 rings (SSSR count). The number of aromatic hydroxyl groups is 1. The van der Waals surface area contributed by atoms with Crippen LogP contribution in [-0.4, -0.2) is 25.0 Å². The molecule has 1 aliphatic heterocycles. The van der Waals surface area contributed by atoms with Crippen LogP contribution in [0.2, 0.25) is 5.02 Å². The van der Waals surface area contributed by atoms with Crippen LogP contribution in [0.3, 0.4) is 0 Å². The van der Waals surface area contributed by atoms with E-state index in [2.05, 4.69) is 0 Å².